The van der Waals surface area contributed by atoms with Crippen molar-refractivity contribution < 1.29 is 13.6 Å². The topological polar surface area (TPSA) is 47.6 Å². The fraction of sp³-hybridized carbons (Fsp3) is 0.400. The van der Waals surface area contributed by atoms with Gasteiger partial charge in [0.25, 0.3) is 0 Å². The van der Waals surface area contributed by atoms with Crippen molar-refractivity contribution >= 4 is 52.6 Å². The summed E-state index contributed by atoms with van der Waals surface area (Å²) >= 11 is 14.3. The average Bonchev–Trinajstić information content (AvgIpc) is 2.37. The molecule has 0 aliphatic carbocycles. The molecule has 4 nitrogen and oxygen atoms in total. The number of nitrogens with one attached hydrogen (secondary N) is 1. The number of rotatable bonds is 8. The molecule has 1 N–H and O–H groups in total. The van der Waals surface area contributed by atoms with Crippen molar-refractivity contribution in [2.75, 3.05) is 30.1 Å². The van der Waals surface area contributed by atoms with Crippen LogP contribution in [-0.4, -0.2) is 25.0 Å². The molecule has 0 spiro atoms. The minimum absolute atomic E-state index is 0.130. The van der Waals surface area contributed by atoms with Crippen molar-refractivity contribution in [3.63, 3.8) is 0 Å². The molecule has 0 heterocycles. The molecular weight excluding hydrogens is 364 g/mol. The summed E-state index contributed by atoms with van der Waals surface area (Å²) in [6, 6.07) is 7.14. The maximum absolute atomic E-state index is 12.3. The first kappa shape index (κ1) is 16.3. The Bertz CT molecular complexity index is 393. The molecule has 0 saturated heterocycles. The standard InChI is InChI=1S/C10H13BrCl2NO3P/c11-9-1-3-10(4-2-9)14-18(15,16-7-5-12)17-8-6-13/h1-4H,5-8H2,(H,14,15). The molecule has 8 heteroatoms. The molecule has 0 bridgehead atoms. The third-order valence-corrected chi connectivity index (χ3v) is 4.20. The van der Waals surface area contributed by atoms with E-state index in [0.717, 1.165) is 4.47 Å². The molecular formula is C10H13BrCl2NO3P. The molecule has 0 aliphatic rings. The molecule has 0 atom stereocenters. The first-order chi connectivity index (χ1) is 8.59. The van der Waals surface area contributed by atoms with Crippen LogP contribution < -0.4 is 5.09 Å². The Labute approximate surface area is 125 Å². The lowest BCUT2D eigenvalue weighted by atomic mass is 10.3. The normalized spacial score (nSPS) is 11.5. The van der Waals surface area contributed by atoms with Gasteiger partial charge in [-0.05, 0) is 24.3 Å². The molecule has 0 fully saturated rings. The lowest BCUT2D eigenvalue weighted by Gasteiger charge is -2.19. The van der Waals surface area contributed by atoms with E-state index < -0.39 is 7.75 Å². The number of benzene rings is 1. The van der Waals surface area contributed by atoms with Gasteiger partial charge in [0.2, 0.25) is 0 Å². The molecule has 0 saturated carbocycles. The van der Waals surface area contributed by atoms with Crippen LogP contribution in [0.3, 0.4) is 0 Å². The predicted octanol–water partition coefficient (Wildman–Crippen LogP) is 4.48. The van der Waals surface area contributed by atoms with E-state index in [0.29, 0.717) is 5.69 Å². The van der Waals surface area contributed by atoms with Crippen LogP contribution in [0.2, 0.25) is 0 Å². The lowest BCUT2D eigenvalue weighted by Crippen LogP contribution is -2.08. The second kappa shape index (κ2) is 8.41. The monoisotopic (exact) mass is 375 g/mol. The van der Waals surface area contributed by atoms with Crippen LogP contribution in [0.1, 0.15) is 0 Å². The Kier molecular flexibility index (Phi) is 7.61. The highest BCUT2D eigenvalue weighted by molar-refractivity contribution is 9.10. The SMILES string of the molecule is O=P(Nc1ccc(Br)cc1)(OCCCl)OCCCl. The number of halogens is 3. The first-order valence-corrected chi connectivity index (χ1v) is 8.55. The van der Waals surface area contributed by atoms with Gasteiger partial charge < -0.3 is 0 Å². The maximum Gasteiger partial charge on any atom is 0.432 e. The summed E-state index contributed by atoms with van der Waals surface area (Å²) in [7, 11) is -3.42. The Balaban J connectivity index is 2.70. The largest absolute Gasteiger partial charge is 0.432 e. The van der Waals surface area contributed by atoms with Crippen LogP contribution in [0.15, 0.2) is 28.7 Å². The Morgan fingerprint density at radius 3 is 2.06 bits per heavy atom. The van der Waals surface area contributed by atoms with Gasteiger partial charge in [0.15, 0.2) is 0 Å². The van der Waals surface area contributed by atoms with Crippen molar-refractivity contribution in [1.82, 2.24) is 0 Å². The van der Waals surface area contributed by atoms with E-state index in [1.807, 2.05) is 12.1 Å². The van der Waals surface area contributed by atoms with Crippen molar-refractivity contribution in [3.8, 4) is 0 Å². The average molecular weight is 377 g/mol. The molecule has 102 valence electrons. The highest BCUT2D eigenvalue weighted by Crippen LogP contribution is 2.47. The zero-order valence-corrected chi connectivity index (χ0v) is 13.4. The molecule has 0 radical (unpaired) electrons. The Morgan fingerprint density at radius 2 is 1.61 bits per heavy atom. The maximum atomic E-state index is 12.3. The minimum Gasteiger partial charge on any atom is -0.293 e. The van der Waals surface area contributed by atoms with E-state index in [-0.39, 0.29) is 25.0 Å². The molecule has 0 aliphatic heterocycles. The van der Waals surface area contributed by atoms with Crippen LogP contribution >= 0.6 is 46.9 Å². The Hall–Kier alpha value is 0.230. The predicted molar refractivity (Wildman–Crippen MR) is 78.7 cm³/mol. The van der Waals surface area contributed by atoms with E-state index in [9.17, 15) is 4.57 Å². The van der Waals surface area contributed by atoms with Gasteiger partial charge in [-0.1, -0.05) is 15.9 Å². The van der Waals surface area contributed by atoms with Gasteiger partial charge in [-0.25, -0.2) is 4.57 Å². The summed E-state index contributed by atoms with van der Waals surface area (Å²) in [5.74, 6) is 0.465. The number of hydrogen-bond donors (Lipinski definition) is 1. The second-order valence-electron chi connectivity index (χ2n) is 3.16. The van der Waals surface area contributed by atoms with Crippen LogP contribution in [-0.2, 0) is 13.6 Å². The minimum atomic E-state index is -3.42. The van der Waals surface area contributed by atoms with E-state index >= 15 is 0 Å². The zero-order chi connectivity index (χ0) is 13.4. The first-order valence-electron chi connectivity index (χ1n) is 5.14. The van der Waals surface area contributed by atoms with E-state index in [2.05, 4.69) is 21.0 Å². The van der Waals surface area contributed by atoms with Crippen LogP contribution in [0.4, 0.5) is 5.69 Å². The highest BCUT2D eigenvalue weighted by atomic mass is 79.9. The number of alkyl halides is 2. The van der Waals surface area contributed by atoms with E-state index in [1.54, 1.807) is 12.1 Å². The number of hydrogen-bond acceptors (Lipinski definition) is 3. The van der Waals surface area contributed by atoms with Crippen LogP contribution in [0.25, 0.3) is 0 Å². The van der Waals surface area contributed by atoms with Crippen molar-refractivity contribution in [2.45, 2.75) is 0 Å². The van der Waals surface area contributed by atoms with Gasteiger partial charge in [0, 0.05) is 21.9 Å². The molecule has 18 heavy (non-hydrogen) atoms. The summed E-state index contributed by atoms with van der Waals surface area (Å²) in [6.45, 7) is 0.259. The Morgan fingerprint density at radius 1 is 1.11 bits per heavy atom. The van der Waals surface area contributed by atoms with Crippen molar-refractivity contribution in [1.29, 1.82) is 0 Å². The van der Waals surface area contributed by atoms with Gasteiger partial charge in [0.05, 0.1) is 13.2 Å². The van der Waals surface area contributed by atoms with E-state index in [4.69, 9.17) is 32.2 Å². The summed E-state index contributed by atoms with van der Waals surface area (Å²) in [6.07, 6.45) is 0. The zero-order valence-electron chi connectivity index (χ0n) is 9.44. The molecule has 0 amide bonds. The fourth-order valence-electron chi connectivity index (χ4n) is 1.09. The van der Waals surface area contributed by atoms with Gasteiger partial charge in [0.1, 0.15) is 0 Å². The van der Waals surface area contributed by atoms with E-state index in [1.165, 1.54) is 0 Å². The number of anilines is 1. The quantitative estimate of drug-likeness (QED) is 0.536. The second-order valence-corrected chi connectivity index (χ2v) is 6.57. The summed E-state index contributed by atoms with van der Waals surface area (Å²) in [4.78, 5) is 0. The molecule has 0 unspecified atom stereocenters. The third kappa shape index (κ3) is 5.91. The fourth-order valence-corrected chi connectivity index (χ4v) is 3.06. The molecule has 1 rings (SSSR count). The third-order valence-electron chi connectivity index (χ3n) is 1.79. The highest BCUT2D eigenvalue weighted by Gasteiger charge is 2.24. The van der Waals surface area contributed by atoms with Crippen molar-refractivity contribution in [2.24, 2.45) is 0 Å². The molecule has 1 aromatic rings. The van der Waals surface area contributed by atoms with Crippen LogP contribution in [0.5, 0.6) is 0 Å². The summed E-state index contributed by atoms with van der Waals surface area (Å²) in [5.41, 5.74) is 0.630. The van der Waals surface area contributed by atoms with Gasteiger partial charge in [-0.2, -0.15) is 0 Å². The van der Waals surface area contributed by atoms with Crippen LogP contribution in [0, 0.1) is 0 Å². The van der Waals surface area contributed by atoms with Gasteiger partial charge in [-0.15, -0.1) is 23.2 Å². The lowest BCUT2D eigenvalue weighted by molar-refractivity contribution is 0.227. The summed E-state index contributed by atoms with van der Waals surface area (Å²) < 4.78 is 23.5. The van der Waals surface area contributed by atoms with Gasteiger partial charge >= 0.3 is 7.75 Å². The van der Waals surface area contributed by atoms with Gasteiger partial charge in [-0.3, -0.25) is 14.1 Å². The van der Waals surface area contributed by atoms with Crippen molar-refractivity contribution in [3.05, 3.63) is 28.7 Å². The smallest absolute Gasteiger partial charge is 0.293 e. The summed E-state index contributed by atoms with van der Waals surface area (Å²) in [5, 5.41) is 2.73. The molecule has 1 aromatic carbocycles. The molecule has 0 aromatic heterocycles.